The van der Waals surface area contributed by atoms with Gasteiger partial charge in [0.2, 0.25) is 0 Å². The quantitative estimate of drug-likeness (QED) is 0.889. The minimum atomic E-state index is -0.440. The SMILES string of the molecule is Cc1ncc(C)c(N(C)CCC2(O)CCCC2)n1. The maximum Gasteiger partial charge on any atom is 0.134 e. The van der Waals surface area contributed by atoms with Crippen LogP contribution in [0.25, 0.3) is 0 Å². The summed E-state index contributed by atoms with van der Waals surface area (Å²) in [4.78, 5) is 10.8. The lowest BCUT2D eigenvalue weighted by atomic mass is 9.98. The van der Waals surface area contributed by atoms with Crippen LogP contribution in [0.3, 0.4) is 0 Å². The fourth-order valence-corrected chi connectivity index (χ4v) is 2.67. The van der Waals surface area contributed by atoms with Crippen molar-refractivity contribution in [1.82, 2.24) is 9.97 Å². The van der Waals surface area contributed by atoms with Gasteiger partial charge in [-0.05, 0) is 33.1 Å². The van der Waals surface area contributed by atoms with E-state index in [4.69, 9.17) is 0 Å². The minimum Gasteiger partial charge on any atom is -0.390 e. The van der Waals surface area contributed by atoms with Gasteiger partial charge in [-0.25, -0.2) is 9.97 Å². The smallest absolute Gasteiger partial charge is 0.134 e. The fourth-order valence-electron chi connectivity index (χ4n) is 2.67. The lowest BCUT2D eigenvalue weighted by Gasteiger charge is -2.27. The van der Waals surface area contributed by atoms with Gasteiger partial charge in [0.25, 0.3) is 0 Å². The van der Waals surface area contributed by atoms with Gasteiger partial charge >= 0.3 is 0 Å². The summed E-state index contributed by atoms with van der Waals surface area (Å²) in [7, 11) is 2.03. The number of aromatic nitrogens is 2. The molecule has 0 saturated heterocycles. The van der Waals surface area contributed by atoms with E-state index >= 15 is 0 Å². The summed E-state index contributed by atoms with van der Waals surface area (Å²) in [5.41, 5.74) is 0.644. The molecular formula is C14H23N3O. The summed E-state index contributed by atoms with van der Waals surface area (Å²) >= 11 is 0. The predicted octanol–water partition coefficient (Wildman–Crippen LogP) is 2.22. The highest BCUT2D eigenvalue weighted by atomic mass is 16.3. The molecule has 0 aliphatic heterocycles. The van der Waals surface area contributed by atoms with Crippen molar-refractivity contribution < 1.29 is 5.11 Å². The molecule has 0 aromatic carbocycles. The van der Waals surface area contributed by atoms with E-state index < -0.39 is 5.60 Å². The van der Waals surface area contributed by atoms with Crippen molar-refractivity contribution in [2.75, 3.05) is 18.5 Å². The molecule has 0 spiro atoms. The standard InChI is InChI=1S/C14H23N3O/c1-11-10-15-12(2)16-13(11)17(3)9-8-14(18)6-4-5-7-14/h10,18H,4-9H2,1-3H3. The molecule has 1 aromatic rings. The lowest BCUT2D eigenvalue weighted by Crippen LogP contribution is -2.31. The first-order valence-electron chi connectivity index (χ1n) is 6.74. The van der Waals surface area contributed by atoms with Crippen LogP contribution in [0.4, 0.5) is 5.82 Å². The van der Waals surface area contributed by atoms with Crippen LogP contribution in [0.2, 0.25) is 0 Å². The first-order chi connectivity index (χ1) is 8.50. The van der Waals surface area contributed by atoms with E-state index in [1.54, 1.807) is 0 Å². The van der Waals surface area contributed by atoms with Gasteiger partial charge in [0.15, 0.2) is 0 Å². The van der Waals surface area contributed by atoms with E-state index in [-0.39, 0.29) is 0 Å². The maximum atomic E-state index is 10.4. The Labute approximate surface area is 109 Å². The number of nitrogens with zero attached hydrogens (tertiary/aromatic N) is 3. The van der Waals surface area contributed by atoms with Crippen LogP contribution >= 0.6 is 0 Å². The van der Waals surface area contributed by atoms with Crippen molar-refractivity contribution in [2.24, 2.45) is 0 Å². The molecule has 1 aliphatic rings. The van der Waals surface area contributed by atoms with Crippen LogP contribution < -0.4 is 4.90 Å². The molecule has 100 valence electrons. The van der Waals surface area contributed by atoms with Crippen molar-refractivity contribution in [3.63, 3.8) is 0 Å². The van der Waals surface area contributed by atoms with E-state index in [0.29, 0.717) is 0 Å². The first-order valence-corrected chi connectivity index (χ1v) is 6.74. The number of anilines is 1. The summed E-state index contributed by atoms with van der Waals surface area (Å²) in [6.07, 6.45) is 6.90. The molecule has 1 heterocycles. The Kier molecular flexibility index (Phi) is 3.85. The van der Waals surface area contributed by atoms with Gasteiger partial charge < -0.3 is 10.0 Å². The number of aryl methyl sites for hydroxylation is 2. The summed E-state index contributed by atoms with van der Waals surface area (Å²) in [6, 6.07) is 0. The van der Waals surface area contributed by atoms with Crippen molar-refractivity contribution in [3.8, 4) is 0 Å². The molecule has 0 bridgehead atoms. The van der Waals surface area contributed by atoms with Crippen LogP contribution in [0.5, 0.6) is 0 Å². The Bertz CT molecular complexity index is 414. The summed E-state index contributed by atoms with van der Waals surface area (Å²) in [5, 5.41) is 10.4. The van der Waals surface area contributed by atoms with Crippen molar-refractivity contribution >= 4 is 5.82 Å². The van der Waals surface area contributed by atoms with E-state index in [1.165, 1.54) is 0 Å². The van der Waals surface area contributed by atoms with Gasteiger partial charge in [-0.3, -0.25) is 0 Å². The van der Waals surface area contributed by atoms with Crippen molar-refractivity contribution in [3.05, 3.63) is 17.6 Å². The number of aliphatic hydroxyl groups is 1. The van der Waals surface area contributed by atoms with Gasteiger partial charge in [-0.15, -0.1) is 0 Å². The van der Waals surface area contributed by atoms with E-state index in [1.807, 2.05) is 27.1 Å². The molecule has 1 aliphatic carbocycles. The normalized spacial score (nSPS) is 18.0. The zero-order valence-corrected chi connectivity index (χ0v) is 11.6. The molecule has 1 aromatic heterocycles. The molecule has 0 radical (unpaired) electrons. The number of hydrogen-bond acceptors (Lipinski definition) is 4. The third-order valence-electron chi connectivity index (χ3n) is 3.87. The lowest BCUT2D eigenvalue weighted by molar-refractivity contribution is 0.0410. The Balaban J connectivity index is 1.99. The second-order valence-electron chi connectivity index (χ2n) is 5.53. The summed E-state index contributed by atoms with van der Waals surface area (Å²) in [6.45, 7) is 4.77. The Hall–Kier alpha value is -1.16. The van der Waals surface area contributed by atoms with Gasteiger partial charge in [0, 0.05) is 25.4 Å². The van der Waals surface area contributed by atoms with Crippen LogP contribution in [0, 0.1) is 13.8 Å². The largest absolute Gasteiger partial charge is 0.390 e. The Morgan fingerprint density at radius 3 is 2.67 bits per heavy atom. The highest BCUT2D eigenvalue weighted by Crippen LogP contribution is 2.32. The van der Waals surface area contributed by atoms with Crippen LogP contribution in [0.1, 0.15) is 43.5 Å². The second-order valence-corrected chi connectivity index (χ2v) is 5.53. The topological polar surface area (TPSA) is 49.2 Å². The molecule has 1 saturated carbocycles. The third kappa shape index (κ3) is 2.99. The van der Waals surface area contributed by atoms with Crippen LogP contribution in [-0.2, 0) is 0 Å². The monoisotopic (exact) mass is 249 g/mol. The van der Waals surface area contributed by atoms with E-state index in [0.717, 1.165) is 55.9 Å². The number of hydrogen-bond donors (Lipinski definition) is 1. The molecule has 0 atom stereocenters. The Morgan fingerprint density at radius 2 is 2.00 bits per heavy atom. The number of rotatable bonds is 4. The first kappa shape index (κ1) is 13.3. The van der Waals surface area contributed by atoms with Crippen molar-refractivity contribution in [2.45, 2.75) is 51.6 Å². The van der Waals surface area contributed by atoms with Crippen LogP contribution in [-0.4, -0.2) is 34.3 Å². The molecule has 18 heavy (non-hydrogen) atoms. The van der Waals surface area contributed by atoms with Crippen LogP contribution in [0.15, 0.2) is 6.20 Å². The molecule has 0 amide bonds. The van der Waals surface area contributed by atoms with Gasteiger partial charge in [-0.2, -0.15) is 0 Å². The Morgan fingerprint density at radius 1 is 1.33 bits per heavy atom. The van der Waals surface area contributed by atoms with Gasteiger partial charge in [0.05, 0.1) is 5.60 Å². The average Bonchev–Trinajstić information content (AvgIpc) is 2.77. The predicted molar refractivity (Wildman–Crippen MR) is 72.8 cm³/mol. The maximum absolute atomic E-state index is 10.4. The molecule has 4 heteroatoms. The molecule has 1 N–H and O–H groups in total. The molecule has 2 rings (SSSR count). The minimum absolute atomic E-state index is 0.440. The summed E-state index contributed by atoms with van der Waals surface area (Å²) in [5.74, 6) is 1.77. The summed E-state index contributed by atoms with van der Waals surface area (Å²) < 4.78 is 0. The molecule has 4 nitrogen and oxygen atoms in total. The van der Waals surface area contributed by atoms with E-state index in [2.05, 4.69) is 14.9 Å². The van der Waals surface area contributed by atoms with Crippen molar-refractivity contribution in [1.29, 1.82) is 0 Å². The zero-order valence-electron chi connectivity index (χ0n) is 11.6. The highest BCUT2D eigenvalue weighted by molar-refractivity contribution is 5.44. The molecular weight excluding hydrogens is 226 g/mol. The van der Waals surface area contributed by atoms with Gasteiger partial charge in [0.1, 0.15) is 11.6 Å². The third-order valence-corrected chi connectivity index (χ3v) is 3.87. The zero-order chi connectivity index (χ0) is 13.2. The van der Waals surface area contributed by atoms with Gasteiger partial charge in [-0.1, -0.05) is 12.8 Å². The molecule has 0 unspecified atom stereocenters. The highest BCUT2D eigenvalue weighted by Gasteiger charge is 2.30. The van der Waals surface area contributed by atoms with E-state index in [9.17, 15) is 5.11 Å². The second kappa shape index (κ2) is 5.22. The average molecular weight is 249 g/mol. The fraction of sp³-hybridized carbons (Fsp3) is 0.714. The molecule has 1 fully saturated rings.